The first-order valence-electron chi connectivity index (χ1n) is 9.18. The largest absolute Gasteiger partial charge is 0.497 e. The van der Waals surface area contributed by atoms with Gasteiger partial charge in [-0.05, 0) is 42.8 Å². The fourth-order valence-corrected chi connectivity index (χ4v) is 4.63. The lowest BCUT2D eigenvalue weighted by Crippen LogP contribution is -2.37. The number of hydrogen-bond donors (Lipinski definition) is 1. The molecule has 28 heavy (non-hydrogen) atoms. The number of fused-ring (bicyclic) bond motifs is 1. The van der Waals surface area contributed by atoms with E-state index in [0.717, 1.165) is 5.39 Å². The van der Waals surface area contributed by atoms with Crippen LogP contribution >= 0.6 is 0 Å². The van der Waals surface area contributed by atoms with E-state index in [1.807, 2.05) is 24.3 Å². The number of ether oxygens (including phenoxy) is 1. The van der Waals surface area contributed by atoms with Gasteiger partial charge in [-0.3, -0.25) is 14.2 Å². The average molecular weight is 396 g/mol. The summed E-state index contributed by atoms with van der Waals surface area (Å²) in [5.74, 6) is -0.466. The maximum atomic E-state index is 13.3. The number of methoxy groups -OCH3 is 1. The minimum absolute atomic E-state index is 0.148. The lowest BCUT2D eigenvalue weighted by molar-refractivity contribution is -0.136. The molecule has 0 aliphatic rings. The third kappa shape index (κ3) is 3.60. The smallest absolute Gasteiger partial charge is 0.307 e. The van der Waals surface area contributed by atoms with Crippen molar-refractivity contribution in [3.63, 3.8) is 0 Å². The second-order valence-electron chi connectivity index (χ2n) is 7.99. The van der Waals surface area contributed by atoms with Crippen molar-refractivity contribution in [1.29, 1.82) is 0 Å². The Balaban J connectivity index is 2.15. The summed E-state index contributed by atoms with van der Waals surface area (Å²) in [6, 6.07) is 13.2. The molecule has 0 unspecified atom stereocenters. The lowest BCUT2D eigenvalue weighted by atomic mass is 10.1. The van der Waals surface area contributed by atoms with Crippen LogP contribution in [-0.2, 0) is 11.2 Å². The van der Waals surface area contributed by atoms with E-state index in [2.05, 4.69) is 19.6 Å². The fraction of sp³-hybridized carbons (Fsp3) is 0.273. The van der Waals surface area contributed by atoms with Crippen molar-refractivity contribution in [2.45, 2.75) is 33.0 Å². The van der Waals surface area contributed by atoms with E-state index in [9.17, 15) is 14.7 Å². The van der Waals surface area contributed by atoms with E-state index in [-0.39, 0.29) is 12.3 Å². The number of aromatic nitrogens is 1. The number of rotatable bonds is 5. The molecule has 0 saturated heterocycles. The highest BCUT2D eigenvalue weighted by Gasteiger charge is 2.22. The van der Waals surface area contributed by atoms with Crippen LogP contribution in [-0.4, -0.2) is 36.7 Å². The molecule has 1 N–H and O–H groups in total. The minimum atomic E-state index is -1.45. The molecule has 6 heteroatoms. The zero-order valence-electron chi connectivity index (χ0n) is 16.9. The van der Waals surface area contributed by atoms with Gasteiger partial charge in [0.15, 0.2) is 0 Å². The van der Waals surface area contributed by atoms with Gasteiger partial charge in [0.1, 0.15) is 5.75 Å². The van der Waals surface area contributed by atoms with Crippen LogP contribution in [0.4, 0.5) is 0 Å². The number of hydrogen-bond acceptors (Lipinski definition) is 3. The van der Waals surface area contributed by atoms with E-state index in [4.69, 9.17) is 4.74 Å². The maximum Gasteiger partial charge on any atom is 0.307 e. The quantitative estimate of drug-likeness (QED) is 0.667. The minimum Gasteiger partial charge on any atom is -0.497 e. The van der Waals surface area contributed by atoms with E-state index in [1.54, 1.807) is 36.8 Å². The summed E-state index contributed by atoms with van der Waals surface area (Å²) >= 11 is 0. The van der Waals surface area contributed by atoms with Crippen LogP contribution in [0.2, 0.25) is 19.6 Å². The molecule has 0 bridgehead atoms. The van der Waals surface area contributed by atoms with Gasteiger partial charge in [0.2, 0.25) is 0 Å². The van der Waals surface area contributed by atoms with E-state index >= 15 is 0 Å². The summed E-state index contributed by atoms with van der Waals surface area (Å²) in [7, 11) is 0.116. The molecule has 2 aromatic carbocycles. The first-order chi connectivity index (χ1) is 13.1. The van der Waals surface area contributed by atoms with Gasteiger partial charge >= 0.3 is 5.97 Å². The van der Waals surface area contributed by atoms with E-state index < -0.39 is 14.0 Å². The average Bonchev–Trinajstić information content (AvgIpc) is 2.91. The number of carboxylic acid groups (broad SMARTS) is 1. The second kappa shape index (κ2) is 7.28. The zero-order chi connectivity index (χ0) is 20.6. The molecule has 0 atom stereocenters. The lowest BCUT2D eigenvalue weighted by Gasteiger charge is -2.17. The third-order valence-electron chi connectivity index (χ3n) is 5.07. The highest BCUT2D eigenvalue weighted by atomic mass is 28.3. The first-order valence-corrected chi connectivity index (χ1v) is 12.7. The number of carbonyl (C=O) groups is 2. The SMILES string of the molecule is COc1ccc2c(c1)c(CC(=O)O)c(C)n2C(=O)c1ccc([Si](C)(C)C)cc1. The Morgan fingerprint density at radius 1 is 1.07 bits per heavy atom. The molecule has 0 saturated carbocycles. The second-order valence-corrected chi connectivity index (χ2v) is 13.1. The molecular formula is C22H25NO4Si. The summed E-state index contributed by atoms with van der Waals surface area (Å²) in [6.07, 6.45) is -0.148. The Hall–Kier alpha value is -2.86. The molecule has 3 rings (SSSR count). The Morgan fingerprint density at radius 3 is 2.25 bits per heavy atom. The third-order valence-corrected chi connectivity index (χ3v) is 7.14. The normalized spacial score (nSPS) is 11.6. The van der Waals surface area contributed by atoms with Gasteiger partial charge in [-0.15, -0.1) is 0 Å². The monoisotopic (exact) mass is 395 g/mol. The molecule has 0 aliphatic carbocycles. The Labute approximate surface area is 165 Å². The van der Waals surface area contributed by atoms with Crippen LogP contribution in [0.3, 0.4) is 0 Å². The molecule has 0 aliphatic heterocycles. The molecule has 1 heterocycles. The number of aliphatic carboxylic acids is 1. The Morgan fingerprint density at radius 2 is 1.71 bits per heavy atom. The van der Waals surface area contributed by atoms with Gasteiger partial charge in [-0.25, -0.2) is 0 Å². The van der Waals surface area contributed by atoms with Crippen molar-refractivity contribution in [3.05, 3.63) is 59.3 Å². The summed E-state index contributed by atoms with van der Waals surface area (Å²) in [5, 5.41) is 11.3. The first kappa shape index (κ1) is 19.9. The summed E-state index contributed by atoms with van der Waals surface area (Å²) in [6.45, 7) is 8.58. The highest BCUT2D eigenvalue weighted by Crippen LogP contribution is 2.30. The fourth-order valence-electron chi connectivity index (χ4n) is 3.47. The maximum absolute atomic E-state index is 13.3. The molecule has 5 nitrogen and oxygen atoms in total. The zero-order valence-corrected chi connectivity index (χ0v) is 17.9. The van der Waals surface area contributed by atoms with Crippen molar-refractivity contribution in [2.24, 2.45) is 0 Å². The van der Waals surface area contributed by atoms with Crippen molar-refractivity contribution >= 4 is 36.0 Å². The van der Waals surface area contributed by atoms with Crippen LogP contribution in [0, 0.1) is 6.92 Å². The predicted molar refractivity (Wildman–Crippen MR) is 114 cm³/mol. The van der Waals surface area contributed by atoms with Crippen LogP contribution < -0.4 is 9.92 Å². The van der Waals surface area contributed by atoms with Crippen LogP contribution in [0.5, 0.6) is 5.75 Å². The topological polar surface area (TPSA) is 68.5 Å². The molecule has 0 radical (unpaired) electrons. The highest BCUT2D eigenvalue weighted by molar-refractivity contribution is 6.88. The molecule has 146 valence electrons. The van der Waals surface area contributed by atoms with Crippen molar-refractivity contribution in [2.75, 3.05) is 7.11 Å². The molecule has 0 amide bonds. The number of carboxylic acids is 1. The molecule has 0 fully saturated rings. The van der Waals surface area contributed by atoms with Crippen molar-refractivity contribution < 1.29 is 19.4 Å². The van der Waals surface area contributed by atoms with Gasteiger partial charge in [0, 0.05) is 16.6 Å². The summed E-state index contributed by atoms with van der Waals surface area (Å²) in [4.78, 5) is 24.7. The van der Waals surface area contributed by atoms with Crippen LogP contribution in [0.1, 0.15) is 21.6 Å². The molecule has 3 aromatic rings. The number of carbonyl (C=O) groups excluding carboxylic acids is 1. The standard InChI is InChI=1S/C22H25NO4Si/c1-14-18(13-21(24)25)19-12-16(27-2)8-11-20(19)23(14)22(26)15-6-9-17(10-7-15)28(3,4)5/h6-12H,13H2,1-5H3,(H,24,25). The Kier molecular flexibility index (Phi) is 5.17. The van der Waals surface area contributed by atoms with Crippen molar-refractivity contribution in [3.8, 4) is 5.75 Å². The number of benzene rings is 2. The van der Waals surface area contributed by atoms with Gasteiger partial charge in [0.25, 0.3) is 5.91 Å². The molecule has 0 spiro atoms. The van der Waals surface area contributed by atoms with Crippen LogP contribution in [0.25, 0.3) is 10.9 Å². The van der Waals surface area contributed by atoms with Crippen molar-refractivity contribution in [1.82, 2.24) is 4.57 Å². The van der Waals surface area contributed by atoms with Gasteiger partial charge in [0.05, 0.1) is 27.1 Å². The molecule has 1 aromatic heterocycles. The summed E-state index contributed by atoms with van der Waals surface area (Å²) in [5.41, 5.74) is 2.55. The van der Waals surface area contributed by atoms with Gasteiger partial charge in [-0.2, -0.15) is 0 Å². The Bertz CT molecular complexity index is 1060. The van der Waals surface area contributed by atoms with Crippen LogP contribution in [0.15, 0.2) is 42.5 Å². The van der Waals surface area contributed by atoms with E-state index in [1.165, 1.54) is 5.19 Å². The molecular weight excluding hydrogens is 370 g/mol. The van der Waals surface area contributed by atoms with Gasteiger partial charge in [-0.1, -0.05) is 37.0 Å². The summed E-state index contributed by atoms with van der Waals surface area (Å²) < 4.78 is 6.89. The number of nitrogens with zero attached hydrogens (tertiary/aromatic N) is 1. The van der Waals surface area contributed by atoms with Gasteiger partial charge < -0.3 is 9.84 Å². The predicted octanol–water partition coefficient (Wildman–Crippen LogP) is 3.82. The van der Waals surface area contributed by atoms with E-state index in [0.29, 0.717) is 28.1 Å².